The van der Waals surface area contributed by atoms with Crippen LogP contribution in [0.25, 0.3) is 0 Å². The second-order valence-electron chi connectivity index (χ2n) is 8.01. The van der Waals surface area contributed by atoms with Crippen LogP contribution in [0.15, 0.2) is 24.3 Å². The molecule has 0 spiro atoms. The van der Waals surface area contributed by atoms with E-state index in [1.807, 2.05) is 27.7 Å². The number of rotatable bonds is 3. The Morgan fingerprint density at radius 1 is 1.28 bits per heavy atom. The highest BCUT2D eigenvalue weighted by Crippen LogP contribution is 2.36. The van der Waals surface area contributed by atoms with Crippen molar-refractivity contribution in [2.45, 2.75) is 58.8 Å². The third-order valence-electron chi connectivity index (χ3n) is 4.69. The summed E-state index contributed by atoms with van der Waals surface area (Å²) in [4.78, 5) is 12.7. The normalized spacial score (nSPS) is 23.2. The molecular formula is C19H27F3N2O. The van der Waals surface area contributed by atoms with Crippen molar-refractivity contribution in [2.24, 2.45) is 11.3 Å². The molecule has 140 valence electrons. The second kappa shape index (κ2) is 7.36. The molecule has 0 saturated carbocycles. The number of benzene rings is 1. The second-order valence-corrected chi connectivity index (χ2v) is 8.01. The van der Waals surface area contributed by atoms with Gasteiger partial charge in [0.15, 0.2) is 0 Å². The van der Waals surface area contributed by atoms with E-state index in [4.69, 9.17) is 0 Å². The lowest BCUT2D eigenvalue weighted by molar-refractivity contribution is -0.137. The van der Waals surface area contributed by atoms with Crippen LogP contribution >= 0.6 is 0 Å². The van der Waals surface area contributed by atoms with Crippen molar-refractivity contribution in [1.82, 2.24) is 10.6 Å². The van der Waals surface area contributed by atoms with E-state index in [9.17, 15) is 18.0 Å². The first-order valence-corrected chi connectivity index (χ1v) is 8.69. The lowest BCUT2D eigenvalue weighted by atomic mass is 9.81. The van der Waals surface area contributed by atoms with Gasteiger partial charge in [-0.05, 0) is 49.4 Å². The molecule has 1 saturated heterocycles. The molecular weight excluding hydrogens is 329 g/mol. The fourth-order valence-corrected chi connectivity index (χ4v) is 3.32. The van der Waals surface area contributed by atoms with Gasteiger partial charge < -0.3 is 10.6 Å². The first-order chi connectivity index (χ1) is 11.5. The number of alkyl halides is 3. The topological polar surface area (TPSA) is 41.1 Å². The van der Waals surface area contributed by atoms with Gasteiger partial charge in [-0.15, -0.1) is 0 Å². The van der Waals surface area contributed by atoms with Gasteiger partial charge in [-0.2, -0.15) is 13.2 Å². The van der Waals surface area contributed by atoms with Crippen LogP contribution in [-0.2, 0) is 11.0 Å². The molecule has 1 aliphatic rings. The maximum absolute atomic E-state index is 13.0. The summed E-state index contributed by atoms with van der Waals surface area (Å²) in [6.45, 7) is 8.58. The van der Waals surface area contributed by atoms with E-state index < -0.39 is 23.2 Å². The van der Waals surface area contributed by atoms with E-state index in [0.717, 1.165) is 31.5 Å². The predicted octanol–water partition coefficient (Wildman–Crippen LogP) is 4.30. The lowest BCUT2D eigenvalue weighted by Crippen LogP contribution is -2.45. The van der Waals surface area contributed by atoms with Crippen LogP contribution in [0.5, 0.6) is 0 Å². The molecule has 0 bridgehead atoms. The van der Waals surface area contributed by atoms with Crippen LogP contribution in [0.4, 0.5) is 13.2 Å². The van der Waals surface area contributed by atoms with Crippen molar-refractivity contribution >= 4 is 5.91 Å². The Morgan fingerprint density at radius 3 is 2.52 bits per heavy atom. The van der Waals surface area contributed by atoms with Crippen LogP contribution in [0.3, 0.4) is 0 Å². The van der Waals surface area contributed by atoms with Crippen LogP contribution in [0.1, 0.15) is 57.7 Å². The van der Waals surface area contributed by atoms with Gasteiger partial charge in [-0.3, -0.25) is 4.79 Å². The number of piperidine rings is 1. The summed E-state index contributed by atoms with van der Waals surface area (Å²) in [5, 5.41) is 6.31. The van der Waals surface area contributed by atoms with Crippen molar-refractivity contribution < 1.29 is 18.0 Å². The lowest BCUT2D eigenvalue weighted by Gasteiger charge is -2.35. The molecule has 1 aromatic rings. The maximum atomic E-state index is 13.0. The quantitative estimate of drug-likeness (QED) is 0.848. The molecule has 2 N–H and O–H groups in total. The van der Waals surface area contributed by atoms with Gasteiger partial charge in [0, 0.05) is 12.0 Å². The molecule has 0 aliphatic carbocycles. The van der Waals surface area contributed by atoms with Gasteiger partial charge in [0.2, 0.25) is 5.91 Å². The Hall–Kier alpha value is -1.56. The number of amides is 1. The number of hydrogen-bond acceptors (Lipinski definition) is 2. The molecule has 2 rings (SSSR count). The minimum absolute atomic E-state index is 0.0781. The summed E-state index contributed by atoms with van der Waals surface area (Å²) in [5.74, 6) is -0.183. The molecule has 1 heterocycles. The molecule has 0 radical (unpaired) electrons. The Bertz CT molecular complexity index is 607. The van der Waals surface area contributed by atoms with Gasteiger partial charge in [-0.1, -0.05) is 32.9 Å². The number of carbonyl (C=O) groups excluding carboxylic acids is 1. The zero-order valence-electron chi connectivity index (χ0n) is 15.2. The van der Waals surface area contributed by atoms with Crippen LogP contribution in [0.2, 0.25) is 0 Å². The third kappa shape index (κ3) is 5.21. The summed E-state index contributed by atoms with van der Waals surface area (Å²) in [6.07, 6.45) is -2.91. The van der Waals surface area contributed by atoms with Crippen molar-refractivity contribution in [3.05, 3.63) is 35.4 Å². The molecule has 1 fully saturated rings. The third-order valence-corrected chi connectivity index (χ3v) is 4.69. The van der Waals surface area contributed by atoms with Crippen molar-refractivity contribution in [2.75, 3.05) is 6.54 Å². The Labute approximate surface area is 147 Å². The average Bonchev–Trinajstić information content (AvgIpc) is 2.50. The molecule has 3 nitrogen and oxygen atoms in total. The van der Waals surface area contributed by atoms with Gasteiger partial charge in [0.25, 0.3) is 0 Å². The Kier molecular flexibility index (Phi) is 5.82. The van der Waals surface area contributed by atoms with Gasteiger partial charge in [-0.25, -0.2) is 0 Å². The molecule has 1 amide bonds. The molecule has 6 heteroatoms. The first kappa shape index (κ1) is 19.8. The minimum atomic E-state index is -4.40. The predicted molar refractivity (Wildman–Crippen MR) is 92.0 cm³/mol. The van der Waals surface area contributed by atoms with Crippen LogP contribution < -0.4 is 10.6 Å². The van der Waals surface area contributed by atoms with Gasteiger partial charge in [0.1, 0.15) is 0 Å². The molecule has 0 aromatic heterocycles. The Morgan fingerprint density at radius 2 is 1.96 bits per heavy atom. The molecule has 25 heavy (non-hydrogen) atoms. The fraction of sp³-hybridized carbons (Fsp3) is 0.632. The zero-order valence-corrected chi connectivity index (χ0v) is 15.2. The molecule has 1 aromatic carbocycles. The summed E-state index contributed by atoms with van der Waals surface area (Å²) >= 11 is 0. The fourth-order valence-electron chi connectivity index (χ4n) is 3.32. The highest BCUT2D eigenvalue weighted by atomic mass is 19.4. The van der Waals surface area contributed by atoms with Gasteiger partial charge >= 0.3 is 6.18 Å². The smallest absolute Gasteiger partial charge is 0.349 e. The average molecular weight is 356 g/mol. The maximum Gasteiger partial charge on any atom is 0.416 e. The summed E-state index contributed by atoms with van der Waals surface area (Å²) < 4.78 is 39.1. The van der Waals surface area contributed by atoms with Crippen LogP contribution in [-0.4, -0.2) is 18.5 Å². The van der Waals surface area contributed by atoms with E-state index in [1.165, 1.54) is 6.07 Å². The van der Waals surface area contributed by atoms with E-state index >= 15 is 0 Å². The Balaban J connectivity index is 2.24. The summed E-state index contributed by atoms with van der Waals surface area (Å²) in [7, 11) is 0. The van der Waals surface area contributed by atoms with E-state index in [1.54, 1.807) is 6.07 Å². The summed E-state index contributed by atoms with van der Waals surface area (Å²) in [6, 6.07) is 5.03. The molecule has 1 aliphatic heterocycles. The number of carbonyl (C=O) groups is 1. The highest BCUT2D eigenvalue weighted by molar-refractivity contribution is 5.79. The standard InChI is InChI=1S/C19H27F3N2O/c1-12-10-14(8-9-23-12)17(25)24-16(18(2,3)4)13-6-5-7-15(11-13)19(20,21)22/h5-7,11-12,14,16,23H,8-10H2,1-4H3,(H,24,25)/t12-,14-,16?/m0/s1. The first-order valence-electron chi connectivity index (χ1n) is 8.69. The minimum Gasteiger partial charge on any atom is -0.349 e. The van der Waals surface area contributed by atoms with E-state index in [-0.39, 0.29) is 17.9 Å². The SMILES string of the molecule is C[C@H]1C[C@@H](C(=O)NC(c2cccc(C(F)(F)F)c2)C(C)(C)C)CCN1. The van der Waals surface area contributed by atoms with Gasteiger partial charge in [0.05, 0.1) is 11.6 Å². The molecule has 1 unspecified atom stereocenters. The van der Waals surface area contributed by atoms with Crippen molar-refractivity contribution in [3.8, 4) is 0 Å². The van der Waals surface area contributed by atoms with E-state index in [0.29, 0.717) is 5.56 Å². The number of hydrogen-bond donors (Lipinski definition) is 2. The van der Waals surface area contributed by atoms with Crippen LogP contribution in [0, 0.1) is 11.3 Å². The van der Waals surface area contributed by atoms with Crippen molar-refractivity contribution in [1.29, 1.82) is 0 Å². The molecule has 3 atom stereocenters. The largest absolute Gasteiger partial charge is 0.416 e. The number of nitrogens with one attached hydrogen (secondary N) is 2. The monoisotopic (exact) mass is 356 g/mol. The van der Waals surface area contributed by atoms with E-state index in [2.05, 4.69) is 10.6 Å². The number of halogens is 3. The van der Waals surface area contributed by atoms with Crippen molar-refractivity contribution in [3.63, 3.8) is 0 Å². The zero-order chi connectivity index (χ0) is 18.8. The highest BCUT2D eigenvalue weighted by Gasteiger charge is 2.35. The summed E-state index contributed by atoms with van der Waals surface area (Å²) in [5.41, 5.74) is -0.611.